The zero-order valence-electron chi connectivity index (χ0n) is 13.2. The van der Waals surface area contributed by atoms with Gasteiger partial charge in [0.15, 0.2) is 0 Å². The molecule has 0 aliphatic heterocycles. The quantitative estimate of drug-likeness (QED) is 0.629. The Morgan fingerprint density at radius 2 is 1.87 bits per heavy atom. The zero-order valence-corrected chi connectivity index (χ0v) is 13.2. The van der Waals surface area contributed by atoms with Gasteiger partial charge in [0.1, 0.15) is 5.75 Å². The highest BCUT2D eigenvalue weighted by Gasteiger charge is 2.13. The number of hydrogen-bond acceptors (Lipinski definition) is 4. The molecule has 1 amide bonds. The molecule has 0 aromatic heterocycles. The Bertz CT molecular complexity index is 639. The Balaban J connectivity index is 1.83. The first-order chi connectivity index (χ1) is 11.2. The van der Waals surface area contributed by atoms with Crippen LogP contribution in [0.15, 0.2) is 59.8 Å². The summed E-state index contributed by atoms with van der Waals surface area (Å²) in [5, 5.41) is 6.61. The van der Waals surface area contributed by atoms with Crippen LogP contribution in [0, 0.1) is 0 Å². The second-order valence-electron chi connectivity index (χ2n) is 4.84. The van der Waals surface area contributed by atoms with Gasteiger partial charge >= 0.3 is 0 Å². The number of hydrogen-bond donors (Lipinski definition) is 1. The molecule has 0 heterocycles. The Morgan fingerprint density at radius 3 is 2.52 bits per heavy atom. The minimum atomic E-state index is -0.686. The van der Waals surface area contributed by atoms with E-state index in [1.807, 2.05) is 61.5 Å². The molecule has 0 aliphatic rings. The monoisotopic (exact) mass is 312 g/mol. The number of nitrogens with one attached hydrogen (secondary N) is 1. The van der Waals surface area contributed by atoms with Crippen LogP contribution in [0.4, 0.5) is 5.69 Å². The standard InChI is InChI=1S/C18H20N2O3/c1-3-22-17-11-9-15(10-12-17)13-19-23-14(2)18(21)20-16-7-5-4-6-8-16/h4-14H,3H2,1-2H3,(H,20,21)/b19-13-/t14-/m0/s1. The van der Waals surface area contributed by atoms with E-state index in [9.17, 15) is 4.79 Å². The predicted molar refractivity (Wildman–Crippen MR) is 90.8 cm³/mol. The van der Waals surface area contributed by atoms with Crippen molar-refractivity contribution in [2.45, 2.75) is 20.0 Å². The van der Waals surface area contributed by atoms with Crippen LogP contribution in [0.5, 0.6) is 5.75 Å². The predicted octanol–water partition coefficient (Wildman–Crippen LogP) is 3.46. The maximum Gasteiger partial charge on any atom is 0.267 e. The van der Waals surface area contributed by atoms with Crippen molar-refractivity contribution in [2.75, 3.05) is 11.9 Å². The summed E-state index contributed by atoms with van der Waals surface area (Å²) in [6.07, 6.45) is 0.872. The van der Waals surface area contributed by atoms with Gasteiger partial charge in [-0.3, -0.25) is 4.79 Å². The van der Waals surface area contributed by atoms with Gasteiger partial charge in [0, 0.05) is 5.69 Å². The summed E-state index contributed by atoms with van der Waals surface area (Å²) in [4.78, 5) is 17.1. The van der Waals surface area contributed by atoms with Crippen LogP contribution in [-0.4, -0.2) is 24.8 Å². The lowest BCUT2D eigenvalue weighted by Crippen LogP contribution is -2.26. The fraction of sp³-hybridized carbons (Fsp3) is 0.222. The third kappa shape index (κ3) is 5.47. The molecular weight excluding hydrogens is 292 g/mol. The largest absolute Gasteiger partial charge is 0.494 e. The minimum absolute atomic E-state index is 0.250. The summed E-state index contributed by atoms with van der Waals surface area (Å²) < 4.78 is 5.36. The van der Waals surface area contributed by atoms with Crippen LogP contribution in [0.25, 0.3) is 0 Å². The van der Waals surface area contributed by atoms with Crippen molar-refractivity contribution < 1.29 is 14.4 Å². The van der Waals surface area contributed by atoms with E-state index < -0.39 is 6.10 Å². The first-order valence-electron chi connectivity index (χ1n) is 7.47. The van der Waals surface area contributed by atoms with E-state index in [0.29, 0.717) is 6.61 Å². The van der Waals surface area contributed by atoms with Crippen LogP contribution in [0.3, 0.4) is 0 Å². The Kier molecular flexibility index (Phi) is 6.17. The molecule has 120 valence electrons. The molecule has 0 aliphatic carbocycles. The molecule has 0 fully saturated rings. The SMILES string of the molecule is CCOc1ccc(/C=N\O[C@@H](C)C(=O)Nc2ccccc2)cc1. The van der Waals surface area contributed by atoms with Crippen molar-refractivity contribution in [2.24, 2.45) is 5.16 Å². The molecule has 0 spiro atoms. The molecule has 2 aromatic carbocycles. The molecule has 0 saturated carbocycles. The van der Waals surface area contributed by atoms with E-state index in [4.69, 9.17) is 9.57 Å². The van der Waals surface area contributed by atoms with Crippen molar-refractivity contribution in [3.8, 4) is 5.75 Å². The molecule has 0 unspecified atom stereocenters. The number of ether oxygens (including phenoxy) is 1. The van der Waals surface area contributed by atoms with Gasteiger partial charge in [-0.15, -0.1) is 0 Å². The van der Waals surface area contributed by atoms with Gasteiger partial charge in [0.05, 0.1) is 12.8 Å². The summed E-state index contributed by atoms with van der Waals surface area (Å²) in [5.74, 6) is 0.557. The van der Waals surface area contributed by atoms with Crippen LogP contribution in [-0.2, 0) is 9.63 Å². The average Bonchev–Trinajstić information content (AvgIpc) is 2.57. The molecular formula is C18H20N2O3. The number of carbonyl (C=O) groups excluding carboxylic acids is 1. The maximum atomic E-state index is 11.9. The number of nitrogens with zero attached hydrogens (tertiary/aromatic N) is 1. The average molecular weight is 312 g/mol. The van der Waals surface area contributed by atoms with Crippen molar-refractivity contribution in [3.05, 3.63) is 60.2 Å². The highest BCUT2D eigenvalue weighted by atomic mass is 16.6. The molecule has 0 saturated heterocycles. The molecule has 2 rings (SSSR count). The van der Waals surface area contributed by atoms with Crippen LogP contribution < -0.4 is 10.1 Å². The lowest BCUT2D eigenvalue weighted by Gasteiger charge is -2.10. The summed E-state index contributed by atoms with van der Waals surface area (Å²) in [7, 11) is 0. The molecule has 0 radical (unpaired) electrons. The highest BCUT2D eigenvalue weighted by molar-refractivity contribution is 5.93. The first kappa shape index (κ1) is 16.5. The van der Waals surface area contributed by atoms with E-state index in [1.165, 1.54) is 0 Å². The minimum Gasteiger partial charge on any atom is -0.494 e. The van der Waals surface area contributed by atoms with Crippen molar-refractivity contribution >= 4 is 17.8 Å². The number of para-hydroxylation sites is 1. The third-order valence-electron chi connectivity index (χ3n) is 3.02. The number of benzene rings is 2. The summed E-state index contributed by atoms with van der Waals surface area (Å²) in [6.45, 7) is 4.21. The topological polar surface area (TPSA) is 59.9 Å². The van der Waals surface area contributed by atoms with Crippen molar-refractivity contribution in [1.82, 2.24) is 0 Å². The molecule has 0 bridgehead atoms. The van der Waals surface area contributed by atoms with Gasteiger partial charge in [0.2, 0.25) is 6.10 Å². The molecule has 2 aromatic rings. The van der Waals surface area contributed by atoms with E-state index in [1.54, 1.807) is 13.1 Å². The first-order valence-corrected chi connectivity index (χ1v) is 7.47. The second kappa shape index (κ2) is 8.58. The summed E-state index contributed by atoms with van der Waals surface area (Å²) in [5.41, 5.74) is 1.59. The van der Waals surface area contributed by atoms with E-state index in [0.717, 1.165) is 17.0 Å². The van der Waals surface area contributed by atoms with Gasteiger partial charge in [-0.05, 0) is 55.8 Å². The summed E-state index contributed by atoms with van der Waals surface area (Å²) in [6, 6.07) is 16.7. The van der Waals surface area contributed by atoms with Gasteiger partial charge < -0.3 is 14.9 Å². The zero-order chi connectivity index (χ0) is 16.5. The normalized spacial score (nSPS) is 11.9. The Morgan fingerprint density at radius 1 is 1.17 bits per heavy atom. The van der Waals surface area contributed by atoms with Gasteiger partial charge in [0.25, 0.3) is 5.91 Å². The molecule has 1 atom stereocenters. The van der Waals surface area contributed by atoms with E-state index in [-0.39, 0.29) is 5.91 Å². The van der Waals surface area contributed by atoms with Gasteiger partial charge in [-0.2, -0.15) is 0 Å². The smallest absolute Gasteiger partial charge is 0.267 e. The molecule has 5 heteroatoms. The Labute approximate surface area is 135 Å². The van der Waals surface area contributed by atoms with Crippen LogP contribution in [0.1, 0.15) is 19.4 Å². The lowest BCUT2D eigenvalue weighted by molar-refractivity contribution is -0.126. The fourth-order valence-electron chi connectivity index (χ4n) is 1.81. The van der Waals surface area contributed by atoms with Crippen LogP contribution >= 0.6 is 0 Å². The second-order valence-corrected chi connectivity index (χ2v) is 4.84. The van der Waals surface area contributed by atoms with Crippen molar-refractivity contribution in [1.29, 1.82) is 0 Å². The van der Waals surface area contributed by atoms with Gasteiger partial charge in [-0.25, -0.2) is 0 Å². The molecule has 5 nitrogen and oxygen atoms in total. The van der Waals surface area contributed by atoms with Gasteiger partial charge in [-0.1, -0.05) is 23.4 Å². The maximum absolute atomic E-state index is 11.9. The number of anilines is 1. The Hall–Kier alpha value is -2.82. The van der Waals surface area contributed by atoms with Crippen molar-refractivity contribution in [3.63, 3.8) is 0 Å². The third-order valence-corrected chi connectivity index (χ3v) is 3.02. The highest BCUT2D eigenvalue weighted by Crippen LogP contribution is 2.11. The number of carbonyl (C=O) groups is 1. The number of amides is 1. The lowest BCUT2D eigenvalue weighted by atomic mass is 10.2. The number of rotatable bonds is 7. The fourth-order valence-corrected chi connectivity index (χ4v) is 1.81. The van der Waals surface area contributed by atoms with E-state index >= 15 is 0 Å². The molecule has 1 N–H and O–H groups in total. The van der Waals surface area contributed by atoms with Crippen LogP contribution in [0.2, 0.25) is 0 Å². The number of oxime groups is 1. The molecule has 23 heavy (non-hydrogen) atoms. The van der Waals surface area contributed by atoms with E-state index in [2.05, 4.69) is 10.5 Å². The summed E-state index contributed by atoms with van der Waals surface area (Å²) >= 11 is 0.